The van der Waals surface area contributed by atoms with Gasteiger partial charge in [-0.3, -0.25) is 14.7 Å². The Labute approximate surface area is 111 Å². The van der Waals surface area contributed by atoms with E-state index in [2.05, 4.69) is 20.2 Å². The molecule has 104 valence electrons. The van der Waals surface area contributed by atoms with E-state index in [0.29, 0.717) is 19.8 Å². The number of nitrogens with zero attached hydrogens (tertiary/aromatic N) is 3. The van der Waals surface area contributed by atoms with Crippen LogP contribution in [0.1, 0.15) is 10.5 Å². The normalized spacial score (nSPS) is 17.9. The molecule has 7 heteroatoms. The highest BCUT2D eigenvalue weighted by atomic mass is 16.5. The number of carbonyl (C=O) groups excluding carboxylic acids is 1. The van der Waals surface area contributed by atoms with E-state index in [1.54, 1.807) is 0 Å². The van der Waals surface area contributed by atoms with Crippen molar-refractivity contribution in [1.29, 1.82) is 0 Å². The predicted molar refractivity (Wildman–Crippen MR) is 67.6 cm³/mol. The molecule has 1 aromatic rings. The van der Waals surface area contributed by atoms with Gasteiger partial charge in [-0.25, -0.2) is 4.98 Å². The van der Waals surface area contributed by atoms with Gasteiger partial charge in [0.25, 0.3) is 5.91 Å². The van der Waals surface area contributed by atoms with Crippen LogP contribution in [-0.4, -0.2) is 71.4 Å². The van der Waals surface area contributed by atoms with Crippen LogP contribution in [0.4, 0.5) is 0 Å². The fourth-order valence-electron chi connectivity index (χ4n) is 1.86. The molecule has 0 aliphatic carbocycles. The zero-order valence-corrected chi connectivity index (χ0v) is 10.7. The van der Waals surface area contributed by atoms with Crippen LogP contribution in [0.5, 0.6) is 0 Å². The van der Waals surface area contributed by atoms with E-state index in [4.69, 9.17) is 4.74 Å². The molecule has 19 heavy (non-hydrogen) atoms. The van der Waals surface area contributed by atoms with Crippen LogP contribution in [0.25, 0.3) is 0 Å². The number of aliphatic hydroxyl groups is 1. The number of morpholine rings is 1. The SMILES string of the molecule is O=C(NCC(O)CN1CCOCC1)c1cnccn1. The Hall–Kier alpha value is -1.57. The van der Waals surface area contributed by atoms with Crippen LogP contribution in [0.3, 0.4) is 0 Å². The first-order valence-corrected chi connectivity index (χ1v) is 6.28. The van der Waals surface area contributed by atoms with E-state index < -0.39 is 6.10 Å². The van der Waals surface area contributed by atoms with E-state index in [1.807, 2.05) is 0 Å². The molecule has 1 amide bonds. The lowest BCUT2D eigenvalue weighted by atomic mass is 10.3. The zero-order valence-electron chi connectivity index (χ0n) is 10.7. The van der Waals surface area contributed by atoms with Crippen molar-refractivity contribution in [3.63, 3.8) is 0 Å². The molecular formula is C12H18N4O3. The first-order valence-electron chi connectivity index (χ1n) is 6.28. The fraction of sp³-hybridized carbons (Fsp3) is 0.583. The van der Waals surface area contributed by atoms with Crippen molar-refractivity contribution in [2.75, 3.05) is 39.4 Å². The maximum absolute atomic E-state index is 11.7. The highest BCUT2D eigenvalue weighted by Gasteiger charge is 2.16. The highest BCUT2D eigenvalue weighted by Crippen LogP contribution is 1.98. The molecular weight excluding hydrogens is 248 g/mol. The standard InChI is InChI=1S/C12H18N4O3/c17-10(9-16-3-5-19-6-4-16)7-15-12(18)11-8-13-1-2-14-11/h1-2,8,10,17H,3-7,9H2,(H,15,18). The molecule has 2 rings (SSSR count). The largest absolute Gasteiger partial charge is 0.390 e. The van der Waals surface area contributed by atoms with Gasteiger partial charge in [-0.2, -0.15) is 0 Å². The summed E-state index contributed by atoms with van der Waals surface area (Å²) in [6.45, 7) is 3.75. The van der Waals surface area contributed by atoms with Gasteiger partial charge in [0.1, 0.15) is 5.69 Å². The number of hydrogen-bond donors (Lipinski definition) is 2. The summed E-state index contributed by atoms with van der Waals surface area (Å²) < 4.78 is 5.23. The van der Waals surface area contributed by atoms with E-state index in [-0.39, 0.29) is 18.1 Å². The van der Waals surface area contributed by atoms with Crippen molar-refractivity contribution in [3.8, 4) is 0 Å². The molecule has 1 unspecified atom stereocenters. The Bertz CT molecular complexity index is 395. The quantitative estimate of drug-likeness (QED) is 0.703. The van der Waals surface area contributed by atoms with Gasteiger partial charge < -0.3 is 15.2 Å². The summed E-state index contributed by atoms with van der Waals surface area (Å²) in [5.41, 5.74) is 0.251. The Morgan fingerprint density at radius 2 is 2.26 bits per heavy atom. The average Bonchev–Trinajstić information content (AvgIpc) is 2.47. The first kappa shape index (κ1) is 13.9. The van der Waals surface area contributed by atoms with Crippen molar-refractivity contribution >= 4 is 5.91 Å². The smallest absolute Gasteiger partial charge is 0.271 e. The number of aliphatic hydroxyl groups excluding tert-OH is 1. The van der Waals surface area contributed by atoms with Gasteiger partial charge in [-0.1, -0.05) is 0 Å². The molecule has 1 fully saturated rings. The number of β-amino-alcohol motifs (C(OH)–C–C–N with tert-alkyl or cyclic N) is 1. The molecule has 2 N–H and O–H groups in total. The molecule has 1 aliphatic heterocycles. The molecule has 0 bridgehead atoms. The third-order valence-electron chi connectivity index (χ3n) is 2.87. The number of hydrogen-bond acceptors (Lipinski definition) is 6. The van der Waals surface area contributed by atoms with Gasteiger partial charge in [0.2, 0.25) is 0 Å². The van der Waals surface area contributed by atoms with Crippen molar-refractivity contribution in [2.45, 2.75) is 6.10 Å². The Morgan fingerprint density at radius 1 is 1.47 bits per heavy atom. The monoisotopic (exact) mass is 266 g/mol. The Balaban J connectivity index is 1.71. The van der Waals surface area contributed by atoms with E-state index in [1.165, 1.54) is 18.6 Å². The van der Waals surface area contributed by atoms with Crippen molar-refractivity contribution in [3.05, 3.63) is 24.3 Å². The maximum Gasteiger partial charge on any atom is 0.271 e. The second kappa shape index (κ2) is 7.13. The summed E-state index contributed by atoms with van der Waals surface area (Å²) in [5.74, 6) is -0.325. The van der Waals surface area contributed by atoms with E-state index in [9.17, 15) is 9.90 Å². The number of rotatable bonds is 5. The van der Waals surface area contributed by atoms with Crippen LogP contribution in [0.2, 0.25) is 0 Å². The van der Waals surface area contributed by atoms with Crippen LogP contribution >= 0.6 is 0 Å². The van der Waals surface area contributed by atoms with Crippen LogP contribution in [-0.2, 0) is 4.74 Å². The fourth-order valence-corrected chi connectivity index (χ4v) is 1.86. The van der Waals surface area contributed by atoms with E-state index >= 15 is 0 Å². The van der Waals surface area contributed by atoms with Gasteiger partial charge in [-0.15, -0.1) is 0 Å². The first-order chi connectivity index (χ1) is 9.25. The number of carbonyl (C=O) groups is 1. The Morgan fingerprint density at radius 3 is 2.95 bits per heavy atom. The minimum Gasteiger partial charge on any atom is -0.390 e. The highest BCUT2D eigenvalue weighted by molar-refractivity contribution is 5.91. The summed E-state index contributed by atoms with van der Waals surface area (Å²) >= 11 is 0. The van der Waals surface area contributed by atoms with Gasteiger partial charge in [0.15, 0.2) is 0 Å². The third-order valence-corrected chi connectivity index (χ3v) is 2.87. The molecule has 1 aromatic heterocycles. The second-order valence-electron chi connectivity index (χ2n) is 4.37. The van der Waals surface area contributed by atoms with Crippen LogP contribution in [0.15, 0.2) is 18.6 Å². The number of nitrogens with one attached hydrogen (secondary N) is 1. The van der Waals surface area contributed by atoms with Crippen molar-refractivity contribution < 1.29 is 14.6 Å². The van der Waals surface area contributed by atoms with Gasteiger partial charge in [0.05, 0.1) is 25.5 Å². The molecule has 7 nitrogen and oxygen atoms in total. The van der Waals surface area contributed by atoms with Gasteiger partial charge >= 0.3 is 0 Å². The Kier molecular flexibility index (Phi) is 5.20. The molecule has 1 saturated heterocycles. The summed E-state index contributed by atoms with van der Waals surface area (Å²) in [6, 6.07) is 0. The molecule has 0 radical (unpaired) electrons. The maximum atomic E-state index is 11.7. The van der Waals surface area contributed by atoms with Crippen LogP contribution in [0, 0.1) is 0 Å². The molecule has 0 aromatic carbocycles. The second-order valence-corrected chi connectivity index (χ2v) is 4.37. The summed E-state index contributed by atoms with van der Waals surface area (Å²) in [7, 11) is 0. The molecule has 0 saturated carbocycles. The van der Waals surface area contributed by atoms with Gasteiger partial charge in [-0.05, 0) is 0 Å². The summed E-state index contributed by atoms with van der Waals surface area (Å²) in [4.78, 5) is 21.5. The van der Waals surface area contributed by atoms with Crippen LogP contribution < -0.4 is 5.32 Å². The lowest BCUT2D eigenvalue weighted by Gasteiger charge is -2.28. The van der Waals surface area contributed by atoms with E-state index in [0.717, 1.165) is 13.1 Å². The van der Waals surface area contributed by atoms with Gasteiger partial charge in [0, 0.05) is 38.6 Å². The zero-order chi connectivity index (χ0) is 13.5. The number of aromatic nitrogens is 2. The number of ether oxygens (including phenoxy) is 1. The molecule has 1 atom stereocenters. The lowest BCUT2D eigenvalue weighted by molar-refractivity contribution is 0.0149. The summed E-state index contributed by atoms with van der Waals surface area (Å²) in [5, 5.41) is 12.5. The number of amides is 1. The average molecular weight is 266 g/mol. The van der Waals surface area contributed by atoms with Crippen molar-refractivity contribution in [1.82, 2.24) is 20.2 Å². The topological polar surface area (TPSA) is 87.6 Å². The predicted octanol–water partition coefficient (Wildman–Crippen LogP) is -1.10. The summed E-state index contributed by atoms with van der Waals surface area (Å²) in [6.07, 6.45) is 3.76. The molecule has 2 heterocycles. The molecule has 1 aliphatic rings. The minimum absolute atomic E-state index is 0.201. The van der Waals surface area contributed by atoms with Crippen molar-refractivity contribution in [2.24, 2.45) is 0 Å². The molecule has 0 spiro atoms. The lowest BCUT2D eigenvalue weighted by Crippen LogP contribution is -2.44. The third kappa shape index (κ3) is 4.55. The minimum atomic E-state index is -0.598.